The highest BCUT2D eigenvalue weighted by Gasteiger charge is 2.21. The van der Waals surface area contributed by atoms with E-state index < -0.39 is 0 Å². The number of hydrogen-bond acceptors (Lipinski definition) is 4. The predicted octanol–water partition coefficient (Wildman–Crippen LogP) is 1.83. The second kappa shape index (κ2) is 5.48. The number of rotatable bonds is 5. The minimum atomic E-state index is 0.799. The molecular formula is C13H20N2OS. The van der Waals surface area contributed by atoms with Crippen molar-refractivity contribution in [1.82, 2.24) is 10.2 Å². The molecule has 1 saturated carbocycles. The van der Waals surface area contributed by atoms with E-state index in [1.54, 1.807) is 0 Å². The first kappa shape index (κ1) is 11.7. The zero-order chi connectivity index (χ0) is 11.5. The molecule has 2 aliphatic rings. The summed E-state index contributed by atoms with van der Waals surface area (Å²) in [5.41, 5.74) is 1.50. The van der Waals surface area contributed by atoms with Gasteiger partial charge in [-0.1, -0.05) is 0 Å². The van der Waals surface area contributed by atoms with Gasteiger partial charge in [0.15, 0.2) is 0 Å². The number of ether oxygens (including phenoxy) is 1. The lowest BCUT2D eigenvalue weighted by Crippen LogP contribution is -2.35. The lowest BCUT2D eigenvalue weighted by atomic mass is 10.2. The Morgan fingerprint density at radius 3 is 2.94 bits per heavy atom. The molecule has 0 aromatic carbocycles. The fourth-order valence-electron chi connectivity index (χ4n) is 2.19. The van der Waals surface area contributed by atoms with E-state index in [4.69, 9.17) is 4.74 Å². The van der Waals surface area contributed by atoms with Crippen LogP contribution in [-0.4, -0.2) is 37.2 Å². The van der Waals surface area contributed by atoms with Gasteiger partial charge in [0, 0.05) is 37.1 Å². The number of hydrogen-bond donors (Lipinski definition) is 1. The quantitative estimate of drug-likeness (QED) is 0.865. The van der Waals surface area contributed by atoms with Crippen LogP contribution in [0.5, 0.6) is 0 Å². The summed E-state index contributed by atoms with van der Waals surface area (Å²) in [6.45, 7) is 6.08. The molecular weight excluding hydrogens is 232 g/mol. The first-order chi connectivity index (χ1) is 8.42. The molecule has 1 aliphatic carbocycles. The average molecular weight is 252 g/mol. The number of nitrogens with one attached hydrogen (secondary N) is 1. The van der Waals surface area contributed by atoms with Gasteiger partial charge in [-0.05, 0) is 29.9 Å². The molecule has 0 bridgehead atoms. The van der Waals surface area contributed by atoms with Crippen molar-refractivity contribution in [2.24, 2.45) is 0 Å². The normalized spacial score (nSPS) is 21.9. The monoisotopic (exact) mass is 252 g/mol. The first-order valence-electron chi connectivity index (χ1n) is 6.50. The van der Waals surface area contributed by atoms with E-state index in [2.05, 4.69) is 21.7 Å². The largest absolute Gasteiger partial charge is 0.379 e. The van der Waals surface area contributed by atoms with Crippen molar-refractivity contribution < 1.29 is 4.74 Å². The standard InChI is InChI=1S/C13H20N2OS/c1-2-12(1)14-9-13-11(3-8-17-13)10-15-4-6-16-7-5-15/h3,8,12,14H,1-2,4-7,9-10H2. The molecule has 0 radical (unpaired) electrons. The van der Waals surface area contributed by atoms with Gasteiger partial charge in [-0.2, -0.15) is 0 Å². The van der Waals surface area contributed by atoms with Crippen molar-refractivity contribution in [3.05, 3.63) is 21.9 Å². The molecule has 1 N–H and O–H groups in total. The molecule has 0 spiro atoms. The first-order valence-corrected chi connectivity index (χ1v) is 7.38. The van der Waals surface area contributed by atoms with E-state index in [1.165, 1.54) is 23.3 Å². The highest BCUT2D eigenvalue weighted by atomic mass is 32.1. The third-order valence-corrected chi connectivity index (χ3v) is 4.43. The Balaban J connectivity index is 1.55. The van der Waals surface area contributed by atoms with Crippen LogP contribution in [0, 0.1) is 0 Å². The summed E-state index contributed by atoms with van der Waals surface area (Å²) >= 11 is 1.89. The van der Waals surface area contributed by atoms with Gasteiger partial charge in [0.25, 0.3) is 0 Å². The lowest BCUT2D eigenvalue weighted by Gasteiger charge is -2.26. The highest BCUT2D eigenvalue weighted by molar-refractivity contribution is 7.10. The second-order valence-corrected chi connectivity index (χ2v) is 5.91. The smallest absolute Gasteiger partial charge is 0.0594 e. The molecule has 0 amide bonds. The molecule has 94 valence electrons. The van der Waals surface area contributed by atoms with E-state index in [0.29, 0.717) is 0 Å². The van der Waals surface area contributed by atoms with Crippen molar-refractivity contribution in [2.45, 2.75) is 32.0 Å². The van der Waals surface area contributed by atoms with Crippen LogP contribution in [0.15, 0.2) is 11.4 Å². The minimum absolute atomic E-state index is 0.799. The molecule has 3 rings (SSSR count). The zero-order valence-corrected chi connectivity index (χ0v) is 11.0. The van der Waals surface area contributed by atoms with Crippen LogP contribution < -0.4 is 5.32 Å². The number of morpholine rings is 1. The van der Waals surface area contributed by atoms with Crippen LogP contribution in [0.25, 0.3) is 0 Å². The molecule has 1 aromatic heterocycles. The summed E-state index contributed by atoms with van der Waals surface area (Å²) < 4.78 is 5.38. The maximum absolute atomic E-state index is 5.38. The fourth-order valence-corrected chi connectivity index (χ4v) is 3.03. The Bertz CT molecular complexity index is 356. The molecule has 3 nitrogen and oxygen atoms in total. The van der Waals surface area contributed by atoms with Gasteiger partial charge in [0.2, 0.25) is 0 Å². The van der Waals surface area contributed by atoms with Crippen molar-refractivity contribution in [2.75, 3.05) is 26.3 Å². The van der Waals surface area contributed by atoms with Crippen LogP contribution in [-0.2, 0) is 17.8 Å². The maximum Gasteiger partial charge on any atom is 0.0594 e. The Hall–Kier alpha value is -0.420. The second-order valence-electron chi connectivity index (χ2n) is 4.91. The molecule has 17 heavy (non-hydrogen) atoms. The van der Waals surface area contributed by atoms with Gasteiger partial charge in [-0.25, -0.2) is 0 Å². The predicted molar refractivity (Wildman–Crippen MR) is 70.3 cm³/mol. The summed E-state index contributed by atoms with van der Waals surface area (Å²) in [6.07, 6.45) is 2.73. The van der Waals surface area contributed by atoms with Crippen molar-refractivity contribution in [1.29, 1.82) is 0 Å². The molecule has 4 heteroatoms. The molecule has 1 aromatic rings. The van der Waals surface area contributed by atoms with Gasteiger partial charge in [-0.3, -0.25) is 4.90 Å². The number of thiophene rings is 1. The molecule has 0 atom stereocenters. The van der Waals surface area contributed by atoms with E-state index in [1.807, 2.05) is 11.3 Å². The van der Waals surface area contributed by atoms with E-state index in [9.17, 15) is 0 Å². The van der Waals surface area contributed by atoms with Crippen LogP contribution in [0.3, 0.4) is 0 Å². The van der Waals surface area contributed by atoms with Crippen LogP contribution in [0.1, 0.15) is 23.3 Å². The zero-order valence-electron chi connectivity index (χ0n) is 10.2. The summed E-state index contributed by atoms with van der Waals surface area (Å²) in [5, 5.41) is 5.83. The maximum atomic E-state index is 5.38. The third kappa shape index (κ3) is 3.28. The molecule has 0 unspecified atom stereocenters. The van der Waals surface area contributed by atoms with E-state index in [-0.39, 0.29) is 0 Å². The molecule has 1 aliphatic heterocycles. The SMILES string of the molecule is c1cc(CN2CCOCC2)c(CNC2CC2)s1. The Labute approximate surface area is 107 Å². The van der Waals surface area contributed by atoms with Crippen LogP contribution in [0.2, 0.25) is 0 Å². The Morgan fingerprint density at radius 2 is 2.18 bits per heavy atom. The van der Waals surface area contributed by atoms with Gasteiger partial charge in [-0.15, -0.1) is 11.3 Å². The molecule has 2 fully saturated rings. The Morgan fingerprint density at radius 1 is 1.35 bits per heavy atom. The number of nitrogens with zero attached hydrogens (tertiary/aromatic N) is 1. The fraction of sp³-hybridized carbons (Fsp3) is 0.692. The van der Waals surface area contributed by atoms with Crippen LogP contribution in [0.4, 0.5) is 0 Å². The summed E-state index contributed by atoms with van der Waals surface area (Å²) in [7, 11) is 0. The summed E-state index contributed by atoms with van der Waals surface area (Å²) in [6, 6.07) is 3.08. The van der Waals surface area contributed by atoms with Gasteiger partial charge in [0.05, 0.1) is 13.2 Å². The van der Waals surface area contributed by atoms with Crippen LogP contribution >= 0.6 is 11.3 Å². The summed E-state index contributed by atoms with van der Waals surface area (Å²) in [5.74, 6) is 0. The lowest BCUT2D eigenvalue weighted by molar-refractivity contribution is 0.0341. The minimum Gasteiger partial charge on any atom is -0.379 e. The average Bonchev–Trinajstić information content (AvgIpc) is 3.09. The van der Waals surface area contributed by atoms with Crippen molar-refractivity contribution in [3.63, 3.8) is 0 Å². The summed E-state index contributed by atoms with van der Waals surface area (Å²) in [4.78, 5) is 4.01. The van der Waals surface area contributed by atoms with E-state index in [0.717, 1.165) is 45.4 Å². The van der Waals surface area contributed by atoms with E-state index >= 15 is 0 Å². The van der Waals surface area contributed by atoms with Crippen molar-refractivity contribution in [3.8, 4) is 0 Å². The van der Waals surface area contributed by atoms with Gasteiger partial charge >= 0.3 is 0 Å². The molecule has 2 heterocycles. The molecule has 1 saturated heterocycles. The van der Waals surface area contributed by atoms with Gasteiger partial charge in [0.1, 0.15) is 0 Å². The van der Waals surface area contributed by atoms with Crippen molar-refractivity contribution >= 4 is 11.3 Å². The Kier molecular flexibility index (Phi) is 3.76. The highest BCUT2D eigenvalue weighted by Crippen LogP contribution is 2.23. The topological polar surface area (TPSA) is 24.5 Å². The van der Waals surface area contributed by atoms with Gasteiger partial charge < -0.3 is 10.1 Å². The third-order valence-electron chi connectivity index (χ3n) is 3.46.